The number of amides is 8. The van der Waals surface area contributed by atoms with E-state index in [1.165, 1.54) is 0 Å². The minimum atomic E-state index is -0.330. The van der Waals surface area contributed by atoms with Gasteiger partial charge in [-0.2, -0.15) is 0 Å². The second kappa shape index (κ2) is 57.6. The van der Waals surface area contributed by atoms with Gasteiger partial charge in [0.1, 0.15) is 5.78 Å². The average Bonchev–Trinajstić information content (AvgIpc) is 1.69. The van der Waals surface area contributed by atoms with Gasteiger partial charge >= 0.3 is 0 Å². The van der Waals surface area contributed by atoms with Crippen LogP contribution in [0.15, 0.2) is 60.9 Å². The molecule has 0 fully saturated rings. The van der Waals surface area contributed by atoms with Crippen LogP contribution in [-0.2, 0) is 93.5 Å². The number of ketones is 1. The average molecular weight is 1560 g/mol. The Kier molecular flexibility index (Phi) is 51.9. The van der Waals surface area contributed by atoms with E-state index in [0.717, 1.165) is 104 Å². The number of hydrogen-bond donors (Lipinski definition) is 16. The minimum Gasteiger partial charge on any atom is -0.542 e. The number of nitrogens with two attached hydrogens (primary N) is 5. The molecule has 0 aliphatic carbocycles. The Morgan fingerprint density at radius 3 is 1.02 bits per heavy atom. The number of nitrogens with one attached hydrogen (secondary N) is 11. The SMILES string of the molecule is CC(=O)CC[C@H](Cc1c[nH]c2ccccc12)NC(=O)CC[C@H](CCCCN)NC(=O)CC[C@H](C)NC(=O)CC[C@H](Cc1c[nH]c2ccccc12)NC(=O)CC[C@H](CCCCN)NC(=O)CC[C@H](C)N.CN[C@@H](CCCCN)CCC(=O)N[C@@H](C)CCC(=O)N[C@@H](C)CCC(=O)N[C@H](C[C-]=O)CCCCN.[Y]. The molecule has 593 valence electrons. The maximum absolute atomic E-state index is 13.5. The third-order valence-electron chi connectivity index (χ3n) is 19.1. The second-order valence-corrected chi connectivity index (χ2v) is 28.9. The van der Waals surface area contributed by atoms with Gasteiger partial charge in [0.05, 0.1) is 0 Å². The molecule has 21 N–H and O–H groups in total. The first-order valence-corrected chi connectivity index (χ1v) is 39.0. The predicted molar refractivity (Wildman–Crippen MR) is 419 cm³/mol. The number of carbonyl (C=O) groups is 9. The number of unbranched alkanes of at least 4 members (excludes halogenated alkanes) is 4. The predicted octanol–water partition coefficient (Wildman–Crippen LogP) is 6.92. The van der Waals surface area contributed by atoms with E-state index in [1.807, 2.05) is 102 Å². The molecule has 2 aromatic heterocycles. The fourth-order valence-corrected chi connectivity index (χ4v) is 12.8. The molecule has 2 heterocycles. The van der Waals surface area contributed by atoms with Crippen molar-refractivity contribution in [3.63, 3.8) is 0 Å². The van der Waals surface area contributed by atoms with Crippen molar-refractivity contribution in [3.05, 3.63) is 72.1 Å². The summed E-state index contributed by atoms with van der Waals surface area (Å²) < 4.78 is 0. The van der Waals surface area contributed by atoms with Crippen molar-refractivity contribution in [1.82, 2.24) is 57.8 Å². The Bertz CT molecular complexity index is 3170. The molecule has 4 rings (SSSR count). The summed E-state index contributed by atoms with van der Waals surface area (Å²) >= 11 is 0. The number of carbonyl (C=O) groups excluding carboxylic acids is 10. The first-order chi connectivity index (χ1) is 50.5. The third kappa shape index (κ3) is 44.1. The van der Waals surface area contributed by atoms with Crippen LogP contribution in [-0.4, -0.2) is 163 Å². The summed E-state index contributed by atoms with van der Waals surface area (Å²) in [6, 6.07) is 14.5. The van der Waals surface area contributed by atoms with Crippen LogP contribution in [0, 0.1) is 0 Å². The van der Waals surface area contributed by atoms with E-state index in [1.54, 1.807) is 6.92 Å². The molecule has 10 atom stereocenters. The zero-order valence-electron chi connectivity index (χ0n) is 64.8. The number of hydrogen-bond acceptors (Lipinski definition) is 16. The van der Waals surface area contributed by atoms with Crippen molar-refractivity contribution in [3.8, 4) is 0 Å². The Labute approximate surface area is 656 Å². The summed E-state index contributed by atoms with van der Waals surface area (Å²) in [5, 5.41) is 29.8. The number of Topliss-reactive ketones (excluding diaryl/α,β-unsaturated/α-hetero) is 1. The molecule has 0 unspecified atom stereocenters. The van der Waals surface area contributed by atoms with Gasteiger partial charge in [0.2, 0.25) is 47.3 Å². The van der Waals surface area contributed by atoms with E-state index in [4.69, 9.17) is 28.7 Å². The molecule has 27 heteroatoms. The zero-order valence-corrected chi connectivity index (χ0v) is 67.6. The third-order valence-corrected chi connectivity index (χ3v) is 19.1. The summed E-state index contributed by atoms with van der Waals surface area (Å²) in [7, 11) is 1.91. The molecular formula is C79H133N16O10Y-. The quantitative estimate of drug-likeness (QED) is 0.0157. The Balaban J connectivity index is 0.000000872. The molecule has 106 heavy (non-hydrogen) atoms. The second-order valence-electron chi connectivity index (χ2n) is 28.9. The van der Waals surface area contributed by atoms with E-state index in [-0.39, 0.29) is 179 Å². The molecule has 0 spiro atoms. The van der Waals surface area contributed by atoms with Gasteiger partial charge in [-0.25, -0.2) is 0 Å². The number of para-hydroxylation sites is 2. The van der Waals surface area contributed by atoms with E-state index < -0.39 is 0 Å². The molecule has 2 aromatic carbocycles. The van der Waals surface area contributed by atoms with E-state index in [0.29, 0.717) is 135 Å². The summed E-state index contributed by atoms with van der Waals surface area (Å²) in [5.74, 6) is -0.850. The van der Waals surface area contributed by atoms with Crippen LogP contribution in [0.5, 0.6) is 0 Å². The van der Waals surface area contributed by atoms with Crippen molar-refractivity contribution in [2.24, 2.45) is 28.7 Å². The van der Waals surface area contributed by atoms with Crippen LogP contribution in [0.2, 0.25) is 0 Å². The maximum Gasteiger partial charge on any atom is 0.220 e. The van der Waals surface area contributed by atoms with Crippen LogP contribution >= 0.6 is 0 Å². The first-order valence-electron chi connectivity index (χ1n) is 39.0. The number of fused-ring (bicyclic) bond motifs is 2. The molecule has 4 aromatic rings. The van der Waals surface area contributed by atoms with Crippen molar-refractivity contribution in [1.29, 1.82) is 0 Å². The summed E-state index contributed by atoms with van der Waals surface area (Å²) in [6.07, 6.45) is 24.4. The van der Waals surface area contributed by atoms with E-state index in [9.17, 15) is 47.9 Å². The Morgan fingerprint density at radius 2 is 0.670 bits per heavy atom. The van der Waals surface area contributed by atoms with Gasteiger partial charge in [0.15, 0.2) is 0 Å². The molecular weight excluding hydrogens is 1420 g/mol. The minimum absolute atomic E-state index is 0. The van der Waals surface area contributed by atoms with Crippen molar-refractivity contribution in [2.45, 2.75) is 307 Å². The topological polar surface area (TPSA) is 441 Å². The van der Waals surface area contributed by atoms with Gasteiger partial charge in [-0.1, -0.05) is 62.1 Å². The number of aromatic nitrogens is 2. The number of rotatable bonds is 58. The smallest absolute Gasteiger partial charge is 0.220 e. The van der Waals surface area contributed by atoms with Gasteiger partial charge in [0.25, 0.3) is 0 Å². The fourth-order valence-electron chi connectivity index (χ4n) is 12.8. The van der Waals surface area contributed by atoms with Crippen LogP contribution < -0.4 is 76.5 Å². The van der Waals surface area contributed by atoms with Gasteiger partial charge in [-0.3, -0.25) is 44.6 Å². The number of benzene rings is 2. The molecule has 0 bridgehead atoms. The Morgan fingerprint density at radius 1 is 0.377 bits per heavy atom. The molecule has 0 aliphatic rings. The van der Waals surface area contributed by atoms with Crippen molar-refractivity contribution < 1.29 is 80.7 Å². The standard InChI is InChI=1S/C53H82N10O6.C26H51N6O4.Y/c1-36(56)18-25-50(66)60-41(12-8-10-30-54)22-28-53(69)63-44(33-40-35-58-48-17-7-5-15-46(40)48)24-29-49(65)59-37(2)19-26-51(67)61-42(13-9-11-31-55)23-27-52(68)62-43(21-20-38(3)64)32-39-34-57-47-16-6-4-14-45(39)47;1-20(31-25(35)15-12-22(29-3)8-4-6-17-27)10-13-24(34)30-21(2)11-14-26(36)32-23(16-19-33)9-5-7-18-28;/h4-7,14-17,34-37,41-44,57-58H,8-13,18-33,54-56H2,1-3H3,(H,59,65)(H,60,66)(H,61,67)(H,62,68)(H,63,69);20-23,29H,4-18,27-28H2,1-3H3,(H,30,34)(H,31,35)(H,32,36);/q;-1;/t36-,37-,41-,42-,43+,44+;20-,21-,22-,23-;/m00./s1. The fraction of sp³-hybridized carbons (Fsp3) is 0.671. The van der Waals surface area contributed by atoms with Crippen molar-refractivity contribution >= 4 is 81.1 Å². The largest absolute Gasteiger partial charge is 0.542 e. The van der Waals surface area contributed by atoms with Gasteiger partial charge < -0.3 is 96.1 Å². The zero-order chi connectivity index (χ0) is 77.2. The molecule has 0 saturated heterocycles. The van der Waals surface area contributed by atoms with Gasteiger partial charge in [0, 0.05) is 185 Å². The maximum atomic E-state index is 13.5. The molecule has 26 nitrogen and oxygen atoms in total. The Hall–Kier alpha value is -6.52. The summed E-state index contributed by atoms with van der Waals surface area (Å²) in [6.45, 7) is 11.4. The summed E-state index contributed by atoms with van der Waals surface area (Å²) in [4.78, 5) is 132. The normalized spacial score (nSPS) is 14.0. The van der Waals surface area contributed by atoms with E-state index >= 15 is 0 Å². The van der Waals surface area contributed by atoms with E-state index in [2.05, 4.69) is 57.8 Å². The molecule has 1 radical (unpaired) electrons. The van der Waals surface area contributed by atoms with Gasteiger partial charge in [-0.15, -0.1) is 6.42 Å². The van der Waals surface area contributed by atoms with Crippen LogP contribution in [0.1, 0.15) is 245 Å². The van der Waals surface area contributed by atoms with Gasteiger partial charge in [-0.05, 0) is 213 Å². The van der Waals surface area contributed by atoms with Crippen LogP contribution in [0.4, 0.5) is 0 Å². The number of H-pyrrole nitrogens is 2. The van der Waals surface area contributed by atoms with Crippen LogP contribution in [0.3, 0.4) is 0 Å². The number of aromatic amines is 2. The molecule has 0 saturated carbocycles. The van der Waals surface area contributed by atoms with Crippen molar-refractivity contribution in [2.75, 3.05) is 33.2 Å². The first kappa shape index (κ1) is 95.6. The molecule has 0 aliphatic heterocycles. The monoisotopic (exact) mass is 1550 g/mol. The summed E-state index contributed by atoms with van der Waals surface area (Å²) in [5.41, 5.74) is 32.5. The van der Waals surface area contributed by atoms with Crippen LogP contribution in [0.25, 0.3) is 21.8 Å². The molecule has 8 amide bonds.